The van der Waals surface area contributed by atoms with Crippen LogP contribution in [0.1, 0.15) is 253 Å². The molecule has 7 aromatic carbocycles. The maximum atomic E-state index is 12.3. The standard InChI is InChI=1S/C20H27NO2.C19H22N2O2.3C19H25NO2.C15H16ClNO2.C14H14ClNO2/c1-5-6-7-8-9-17-13-18(22)20(14-21(17)4)23-19-11-10-15(2)12-16(19)3;1-3-4-5-6-10-16-12-17(22)19(14-21(16)2)23-18-11-8-7-9-15(18)13-20;1-4-5-6-7-11-16-13-17(21)19(14-20(16)3)22-18-12-9-8-10-15(18)2;2*1-4-5-6-7-8-16-13-18(21)19(14-20(16)3)22-17-11-9-15(2)10-12-17;1-10-4-5-14(11(2)6-10)19-15-9-17(3)12(8-16)7-13(15)18;1-10-3-5-12(6-4-10)18-14-9-16(2)11(8-15)7-13(14)17/h10-14H,5-9H2,1-4H3;7-9,11-12,14H,3-6,10H2,1-2H3;8-10,12-14H,4-7,11H2,1-3H3;2*9-14H,4-8H2,1-3H3;4-7,9H,8H2,1-3H3;3-7,9H,8H2,1-2H3. The largest absolute Gasteiger partial charge is 0.452 e. The third-order valence-electron chi connectivity index (χ3n) is 25.2. The van der Waals surface area contributed by atoms with Crippen molar-refractivity contribution in [3.63, 3.8) is 0 Å². The van der Waals surface area contributed by atoms with Crippen LogP contribution in [-0.2, 0) is 93.2 Å². The van der Waals surface area contributed by atoms with E-state index < -0.39 is 0 Å². The first-order chi connectivity index (χ1) is 71.6. The van der Waals surface area contributed by atoms with Crippen LogP contribution in [-0.4, -0.2) is 32.0 Å². The smallest absolute Gasteiger partial charge is 0.224 e. The van der Waals surface area contributed by atoms with Gasteiger partial charge in [0.15, 0.2) is 40.2 Å². The molecule has 7 aromatic heterocycles. The summed E-state index contributed by atoms with van der Waals surface area (Å²) in [6, 6.07) is 63.0. The average molecular weight is 2060 g/mol. The van der Waals surface area contributed by atoms with Crippen LogP contribution in [0, 0.1) is 66.7 Å². The van der Waals surface area contributed by atoms with Gasteiger partial charge < -0.3 is 65.1 Å². The molecule has 22 nitrogen and oxygen atoms in total. The van der Waals surface area contributed by atoms with Crippen LogP contribution in [0.3, 0.4) is 0 Å². The normalized spacial score (nSPS) is 10.6. The van der Waals surface area contributed by atoms with Crippen molar-refractivity contribution in [3.8, 4) is 86.6 Å². The maximum Gasteiger partial charge on any atom is 0.224 e. The fraction of sp³-hybridized carbons (Fsp3) is 0.376. The molecule has 0 spiro atoms. The molecule has 14 aromatic rings. The lowest BCUT2D eigenvalue weighted by Crippen LogP contribution is -2.12. The Hall–Kier alpha value is -14.1. The Morgan fingerprint density at radius 3 is 0.685 bits per heavy atom. The molecule has 0 aliphatic heterocycles. The van der Waals surface area contributed by atoms with Gasteiger partial charge in [-0.1, -0.05) is 250 Å². The minimum absolute atomic E-state index is 0.0476. The van der Waals surface area contributed by atoms with Crippen molar-refractivity contribution < 1.29 is 33.2 Å². The Morgan fingerprint density at radius 2 is 0.443 bits per heavy atom. The predicted octanol–water partition coefficient (Wildman–Crippen LogP) is 29.7. The summed E-state index contributed by atoms with van der Waals surface area (Å²) >= 11 is 11.5. The van der Waals surface area contributed by atoms with Gasteiger partial charge in [-0.05, 0) is 203 Å². The Morgan fingerprint density at radius 1 is 0.228 bits per heavy atom. The van der Waals surface area contributed by atoms with E-state index in [-0.39, 0.29) is 43.8 Å². The first kappa shape index (κ1) is 120. The van der Waals surface area contributed by atoms with Crippen LogP contribution >= 0.6 is 23.2 Å². The Bertz CT molecular complexity index is 6970. The van der Waals surface area contributed by atoms with Crippen LogP contribution in [0.2, 0.25) is 0 Å². The molecule has 0 amide bonds. The summed E-state index contributed by atoms with van der Waals surface area (Å²) in [6.07, 6.45) is 40.8. The quantitative estimate of drug-likeness (QED) is 0.0255. The molecular formula is C125H154Cl2N8O14. The number of para-hydroxylation sites is 2. The van der Waals surface area contributed by atoms with E-state index in [0.717, 1.165) is 143 Å². The van der Waals surface area contributed by atoms with Gasteiger partial charge in [-0.25, -0.2) is 0 Å². The highest BCUT2D eigenvalue weighted by Crippen LogP contribution is 2.31. The number of hydrogen-bond acceptors (Lipinski definition) is 15. The number of ether oxygens (including phenoxy) is 7. The lowest BCUT2D eigenvalue weighted by atomic mass is 10.1. The van der Waals surface area contributed by atoms with E-state index in [1.165, 1.54) is 125 Å². The van der Waals surface area contributed by atoms with Gasteiger partial charge in [-0.3, -0.25) is 33.6 Å². The molecule has 0 saturated heterocycles. The second-order valence-corrected chi connectivity index (χ2v) is 38.6. The number of halogens is 2. The van der Waals surface area contributed by atoms with Crippen LogP contribution < -0.4 is 71.2 Å². The van der Waals surface area contributed by atoms with E-state index in [9.17, 15) is 33.6 Å². The molecule has 149 heavy (non-hydrogen) atoms. The van der Waals surface area contributed by atoms with Gasteiger partial charge in [-0.15, -0.1) is 23.2 Å². The minimum atomic E-state index is -0.163. The lowest BCUT2D eigenvalue weighted by Gasteiger charge is -2.13. The Kier molecular flexibility index (Phi) is 51.2. The summed E-state index contributed by atoms with van der Waals surface area (Å²) in [7, 11) is 13.5. The number of rotatable bonds is 41. The number of nitriles is 1. The molecule has 0 atom stereocenters. The monoisotopic (exact) mass is 2060 g/mol. The summed E-state index contributed by atoms with van der Waals surface area (Å²) in [4.78, 5) is 85.0. The van der Waals surface area contributed by atoms with Gasteiger partial charge in [0.2, 0.25) is 38.0 Å². The van der Waals surface area contributed by atoms with Crippen molar-refractivity contribution in [3.05, 3.63) is 405 Å². The summed E-state index contributed by atoms with van der Waals surface area (Å²) in [6.45, 7) is 27.0. The van der Waals surface area contributed by atoms with Crippen molar-refractivity contribution in [2.24, 2.45) is 49.3 Å². The molecule has 0 N–H and O–H groups in total. The molecule has 7 heterocycles. The van der Waals surface area contributed by atoms with Gasteiger partial charge in [0.05, 0.1) is 60.7 Å². The number of benzene rings is 7. The number of alkyl halides is 2. The van der Waals surface area contributed by atoms with Crippen molar-refractivity contribution in [1.29, 1.82) is 5.26 Å². The van der Waals surface area contributed by atoms with Crippen LogP contribution in [0.25, 0.3) is 0 Å². The van der Waals surface area contributed by atoms with Crippen molar-refractivity contribution in [2.75, 3.05) is 0 Å². The van der Waals surface area contributed by atoms with Crippen LogP contribution in [0.5, 0.6) is 80.5 Å². The predicted molar refractivity (Wildman–Crippen MR) is 608 cm³/mol. The number of aromatic nitrogens is 7. The SMILES string of the molecule is CCCCCCc1cc(=O)c(Oc2ccc(C)cc2)cn1C.CCCCCCc1cc(=O)c(Oc2ccc(C)cc2)cn1C.CCCCCCc1cc(=O)c(Oc2ccc(C)cc2C)cn1C.CCCCCCc1cc(=O)c(Oc2ccccc2C#N)cn1C.CCCCCCc1cc(=O)c(Oc2ccccc2C)cn1C.Cc1ccc(Oc2cn(C)c(CCl)cc2=O)c(C)c1.Cc1ccc(Oc2cn(C)c(CCl)cc2=O)cc1. The van der Waals surface area contributed by atoms with Gasteiger partial charge >= 0.3 is 0 Å². The summed E-state index contributed by atoms with van der Waals surface area (Å²) in [5.41, 5.74) is 15.4. The van der Waals surface area contributed by atoms with E-state index in [0.29, 0.717) is 80.6 Å². The molecule has 792 valence electrons. The van der Waals surface area contributed by atoms with Crippen molar-refractivity contribution in [1.82, 2.24) is 32.0 Å². The third kappa shape index (κ3) is 40.5. The number of pyridine rings is 7. The average Bonchev–Trinajstić information content (AvgIpc) is 0.818. The second-order valence-electron chi connectivity index (χ2n) is 38.1. The molecule has 0 radical (unpaired) electrons. The van der Waals surface area contributed by atoms with Crippen molar-refractivity contribution >= 4 is 23.2 Å². The zero-order chi connectivity index (χ0) is 108. The summed E-state index contributed by atoms with van der Waals surface area (Å²) in [5, 5.41) is 9.09. The van der Waals surface area contributed by atoms with Crippen LogP contribution in [0.15, 0.2) is 277 Å². The highest BCUT2D eigenvalue weighted by Gasteiger charge is 2.18. The first-order valence-corrected chi connectivity index (χ1v) is 53.3. The molecule has 24 heteroatoms. The Balaban J connectivity index is 0.000000212. The lowest BCUT2D eigenvalue weighted by molar-refractivity contribution is 0.466. The van der Waals surface area contributed by atoms with Gasteiger partial charge in [0.1, 0.15) is 46.3 Å². The topological polar surface area (TPSA) is 242 Å². The molecule has 0 saturated carbocycles. The van der Waals surface area contributed by atoms with E-state index in [4.69, 9.17) is 61.6 Å². The maximum absolute atomic E-state index is 12.3. The Labute approximate surface area is 891 Å². The first-order valence-electron chi connectivity index (χ1n) is 52.2. The number of hydrogen-bond donors (Lipinski definition) is 0. The fourth-order valence-corrected chi connectivity index (χ4v) is 16.6. The van der Waals surface area contributed by atoms with E-state index in [1.54, 1.807) is 107 Å². The second kappa shape index (κ2) is 63.5. The van der Waals surface area contributed by atoms with Crippen molar-refractivity contribution in [2.45, 2.75) is 262 Å². The molecular weight excluding hydrogens is 1910 g/mol. The molecule has 0 unspecified atom stereocenters. The van der Waals surface area contributed by atoms with Gasteiger partial charge in [0.25, 0.3) is 0 Å². The molecule has 14 rings (SSSR count). The number of nitrogens with zero attached hydrogens (tertiary/aromatic N) is 8. The van der Waals surface area contributed by atoms with E-state index in [1.807, 2.05) is 255 Å². The third-order valence-corrected chi connectivity index (χ3v) is 25.8. The van der Waals surface area contributed by atoms with Crippen LogP contribution in [0.4, 0.5) is 0 Å². The minimum Gasteiger partial charge on any atom is -0.452 e. The van der Waals surface area contributed by atoms with E-state index in [2.05, 4.69) is 46.8 Å². The van der Waals surface area contributed by atoms with E-state index >= 15 is 0 Å². The summed E-state index contributed by atoms with van der Waals surface area (Å²) in [5.74, 6) is 7.59. The molecule has 0 aliphatic rings. The number of unbranched alkanes of at least 4 members (excludes halogenated alkanes) is 15. The summed E-state index contributed by atoms with van der Waals surface area (Å²) < 4.78 is 53.5. The van der Waals surface area contributed by atoms with Gasteiger partial charge in [0, 0.05) is 132 Å². The molecule has 0 aliphatic carbocycles. The highest BCUT2D eigenvalue weighted by atomic mass is 35.5. The number of aryl methyl sites for hydroxylation is 20. The molecule has 0 fully saturated rings. The molecule has 0 bridgehead atoms. The highest BCUT2D eigenvalue weighted by molar-refractivity contribution is 6.17. The van der Waals surface area contributed by atoms with Gasteiger partial charge in [-0.2, -0.15) is 5.26 Å². The zero-order valence-electron chi connectivity index (χ0n) is 91.2. The zero-order valence-corrected chi connectivity index (χ0v) is 92.7. The fourth-order valence-electron chi connectivity index (χ4n) is 16.1.